The van der Waals surface area contributed by atoms with Crippen molar-refractivity contribution < 1.29 is 10.2 Å². The van der Waals surface area contributed by atoms with Gasteiger partial charge in [-0.15, -0.1) is 11.3 Å². The Labute approximate surface area is 125 Å². The molecule has 0 fully saturated rings. The molecule has 19 heavy (non-hydrogen) atoms. The number of aliphatic hydroxyl groups excluding tert-OH is 2. The summed E-state index contributed by atoms with van der Waals surface area (Å²) >= 11 is 5.03. The fourth-order valence-corrected chi connectivity index (χ4v) is 3.42. The lowest BCUT2D eigenvalue weighted by molar-refractivity contribution is 0.117. The first-order valence-electron chi connectivity index (χ1n) is 5.99. The molecule has 0 aliphatic rings. The van der Waals surface area contributed by atoms with Crippen molar-refractivity contribution in [3.63, 3.8) is 0 Å². The van der Waals surface area contributed by atoms with Crippen molar-refractivity contribution in [1.82, 2.24) is 4.98 Å². The Morgan fingerprint density at radius 2 is 2.05 bits per heavy atom. The molecule has 0 atom stereocenters. The number of aryl methyl sites for hydroxylation is 1. The van der Waals surface area contributed by atoms with Crippen molar-refractivity contribution in [1.29, 1.82) is 0 Å². The molecule has 2 aromatic rings. The Balaban J connectivity index is 2.37. The maximum absolute atomic E-state index is 9.80. The minimum Gasteiger partial charge on any atom is -0.395 e. The van der Waals surface area contributed by atoms with Gasteiger partial charge in [-0.1, -0.05) is 28.1 Å². The van der Waals surface area contributed by atoms with Crippen molar-refractivity contribution >= 4 is 27.3 Å². The molecule has 0 saturated carbocycles. The second-order valence-electron chi connectivity index (χ2n) is 4.63. The van der Waals surface area contributed by atoms with Gasteiger partial charge < -0.3 is 10.2 Å². The highest BCUT2D eigenvalue weighted by Gasteiger charge is 2.32. The van der Waals surface area contributed by atoms with E-state index in [4.69, 9.17) is 0 Å². The molecule has 5 heteroatoms. The highest BCUT2D eigenvalue weighted by atomic mass is 79.9. The molecule has 2 N–H and O–H groups in total. The quantitative estimate of drug-likeness (QED) is 0.878. The average molecular weight is 342 g/mol. The van der Waals surface area contributed by atoms with Crippen LogP contribution in [0.5, 0.6) is 0 Å². The number of aliphatic hydroxyl groups is 2. The van der Waals surface area contributed by atoms with Crippen molar-refractivity contribution in [2.45, 2.75) is 18.8 Å². The SMILES string of the molecule is Cc1ncc(CC(CO)(CO)c2cccc(Br)c2)s1. The van der Waals surface area contributed by atoms with Gasteiger partial charge in [0.15, 0.2) is 0 Å². The van der Waals surface area contributed by atoms with Crippen LogP contribution < -0.4 is 0 Å². The van der Waals surface area contributed by atoms with Gasteiger partial charge in [-0.25, -0.2) is 4.98 Å². The van der Waals surface area contributed by atoms with Crippen LogP contribution >= 0.6 is 27.3 Å². The first-order valence-corrected chi connectivity index (χ1v) is 7.60. The van der Waals surface area contributed by atoms with Gasteiger partial charge in [0.2, 0.25) is 0 Å². The number of nitrogens with zero attached hydrogens (tertiary/aromatic N) is 1. The molecule has 0 aliphatic heterocycles. The third-order valence-electron chi connectivity index (χ3n) is 3.22. The molecule has 1 aromatic carbocycles. The Morgan fingerprint density at radius 3 is 2.58 bits per heavy atom. The first-order chi connectivity index (χ1) is 9.09. The number of halogens is 1. The van der Waals surface area contributed by atoms with Gasteiger partial charge in [-0.05, 0) is 31.0 Å². The van der Waals surface area contributed by atoms with Gasteiger partial charge in [-0.3, -0.25) is 0 Å². The highest BCUT2D eigenvalue weighted by Crippen LogP contribution is 2.31. The number of rotatable bonds is 5. The average Bonchev–Trinajstić information content (AvgIpc) is 2.81. The summed E-state index contributed by atoms with van der Waals surface area (Å²) in [4.78, 5) is 5.30. The van der Waals surface area contributed by atoms with Gasteiger partial charge in [0, 0.05) is 21.0 Å². The molecule has 0 saturated heterocycles. The lowest BCUT2D eigenvalue weighted by atomic mass is 9.78. The number of benzene rings is 1. The van der Waals surface area contributed by atoms with Gasteiger partial charge in [-0.2, -0.15) is 0 Å². The molecular formula is C14H16BrNO2S. The zero-order valence-electron chi connectivity index (χ0n) is 10.6. The van der Waals surface area contributed by atoms with Gasteiger partial charge in [0.1, 0.15) is 0 Å². The number of aromatic nitrogens is 1. The largest absolute Gasteiger partial charge is 0.395 e. The van der Waals surface area contributed by atoms with Crippen LogP contribution in [0.1, 0.15) is 15.4 Å². The van der Waals surface area contributed by atoms with Crippen LogP contribution in [0.4, 0.5) is 0 Å². The van der Waals surface area contributed by atoms with E-state index in [0.29, 0.717) is 6.42 Å². The van der Waals surface area contributed by atoms with Crippen LogP contribution in [0.15, 0.2) is 34.9 Å². The van der Waals surface area contributed by atoms with Crippen molar-refractivity contribution in [2.24, 2.45) is 0 Å². The third kappa shape index (κ3) is 3.23. The molecule has 102 valence electrons. The zero-order valence-corrected chi connectivity index (χ0v) is 13.0. The second-order valence-corrected chi connectivity index (χ2v) is 6.86. The fraction of sp³-hybridized carbons (Fsp3) is 0.357. The molecule has 0 aliphatic carbocycles. The summed E-state index contributed by atoms with van der Waals surface area (Å²) in [7, 11) is 0. The third-order valence-corrected chi connectivity index (χ3v) is 4.63. The van der Waals surface area contributed by atoms with E-state index in [1.165, 1.54) is 0 Å². The lowest BCUT2D eigenvalue weighted by Gasteiger charge is -2.30. The summed E-state index contributed by atoms with van der Waals surface area (Å²) in [5.41, 5.74) is 0.265. The van der Waals surface area contributed by atoms with Crippen molar-refractivity contribution in [3.8, 4) is 0 Å². The smallest absolute Gasteiger partial charge is 0.0896 e. The summed E-state index contributed by atoms with van der Waals surface area (Å²) in [6, 6.07) is 7.72. The molecule has 2 rings (SSSR count). The van der Waals surface area contributed by atoms with E-state index in [2.05, 4.69) is 20.9 Å². The molecule has 1 aromatic heterocycles. The van der Waals surface area contributed by atoms with Gasteiger partial charge in [0.05, 0.1) is 18.2 Å². The predicted molar refractivity (Wildman–Crippen MR) is 80.5 cm³/mol. The van der Waals surface area contributed by atoms with E-state index in [-0.39, 0.29) is 13.2 Å². The molecule has 0 amide bonds. The summed E-state index contributed by atoms with van der Waals surface area (Å²) < 4.78 is 0.941. The van der Waals surface area contributed by atoms with E-state index in [1.54, 1.807) is 11.3 Å². The van der Waals surface area contributed by atoms with Crippen LogP contribution in [0.2, 0.25) is 0 Å². The molecule has 3 nitrogen and oxygen atoms in total. The van der Waals surface area contributed by atoms with Crippen molar-refractivity contribution in [2.75, 3.05) is 13.2 Å². The van der Waals surface area contributed by atoms with Crippen molar-refractivity contribution in [3.05, 3.63) is 50.4 Å². The molecule has 0 bridgehead atoms. The maximum atomic E-state index is 9.80. The normalized spacial score (nSPS) is 11.8. The Morgan fingerprint density at radius 1 is 1.32 bits per heavy atom. The molecule has 0 radical (unpaired) electrons. The predicted octanol–water partition coefficient (Wildman–Crippen LogP) is 2.68. The first kappa shape index (κ1) is 14.7. The van der Waals surface area contributed by atoms with Gasteiger partial charge >= 0.3 is 0 Å². The monoisotopic (exact) mass is 341 g/mol. The summed E-state index contributed by atoms with van der Waals surface area (Å²) in [6.45, 7) is 1.75. The summed E-state index contributed by atoms with van der Waals surface area (Å²) in [6.07, 6.45) is 2.40. The number of hydrogen-bond acceptors (Lipinski definition) is 4. The zero-order chi connectivity index (χ0) is 13.9. The standard InChI is InChI=1S/C14H16BrNO2S/c1-10-16-7-13(19-10)6-14(8-17,9-18)11-3-2-4-12(15)5-11/h2-5,7,17-18H,6,8-9H2,1H3. The van der Waals surface area contributed by atoms with E-state index in [1.807, 2.05) is 37.4 Å². The maximum Gasteiger partial charge on any atom is 0.0896 e. The van der Waals surface area contributed by atoms with Crippen LogP contribution in [0, 0.1) is 6.92 Å². The van der Waals surface area contributed by atoms with E-state index in [9.17, 15) is 10.2 Å². The Bertz CT molecular complexity index is 552. The summed E-state index contributed by atoms with van der Waals surface area (Å²) in [5.74, 6) is 0. The number of thiazole rings is 1. The van der Waals surface area contributed by atoms with Crippen LogP contribution in [0.25, 0.3) is 0 Å². The highest BCUT2D eigenvalue weighted by molar-refractivity contribution is 9.10. The van der Waals surface area contributed by atoms with Gasteiger partial charge in [0.25, 0.3) is 0 Å². The fourth-order valence-electron chi connectivity index (χ4n) is 2.09. The molecular weight excluding hydrogens is 326 g/mol. The van der Waals surface area contributed by atoms with Crippen LogP contribution in [0.3, 0.4) is 0 Å². The molecule has 0 spiro atoms. The number of hydrogen-bond donors (Lipinski definition) is 2. The van der Waals surface area contributed by atoms with Crippen LogP contribution in [-0.2, 0) is 11.8 Å². The second kappa shape index (κ2) is 6.13. The Hall–Kier alpha value is -0.750. The minimum absolute atomic E-state index is 0.100. The van der Waals surface area contributed by atoms with E-state index >= 15 is 0 Å². The minimum atomic E-state index is -0.664. The summed E-state index contributed by atoms with van der Waals surface area (Å²) in [5, 5.41) is 20.6. The molecule has 0 unspecified atom stereocenters. The van der Waals surface area contributed by atoms with Crippen LogP contribution in [-0.4, -0.2) is 28.4 Å². The van der Waals surface area contributed by atoms with E-state index < -0.39 is 5.41 Å². The van der Waals surface area contributed by atoms with E-state index in [0.717, 1.165) is 19.9 Å². The molecule has 1 heterocycles. The topological polar surface area (TPSA) is 53.4 Å². The lowest BCUT2D eigenvalue weighted by Crippen LogP contribution is -2.37. The Kier molecular flexibility index (Phi) is 4.73.